The molecule has 34 heavy (non-hydrogen) atoms. The highest BCUT2D eigenvalue weighted by Gasteiger charge is 2.35. The average Bonchev–Trinajstić information content (AvgIpc) is 3.13. The van der Waals surface area contributed by atoms with Gasteiger partial charge in [-0.15, -0.1) is 0 Å². The van der Waals surface area contributed by atoms with E-state index < -0.39 is 12.0 Å². The lowest BCUT2D eigenvalue weighted by atomic mass is 9.94. The van der Waals surface area contributed by atoms with Crippen LogP contribution < -0.4 is 10.5 Å². The van der Waals surface area contributed by atoms with Crippen molar-refractivity contribution in [1.29, 1.82) is 0 Å². The van der Waals surface area contributed by atoms with Gasteiger partial charge in [-0.2, -0.15) is 8.78 Å². The average molecular weight is 466 g/mol. The zero-order valence-electron chi connectivity index (χ0n) is 19.2. The van der Waals surface area contributed by atoms with E-state index in [0.717, 1.165) is 6.08 Å². The van der Waals surface area contributed by atoms with E-state index in [1.165, 1.54) is 15.5 Å². The van der Waals surface area contributed by atoms with E-state index in [1.54, 1.807) is 49.4 Å². The second kappa shape index (κ2) is 8.06. The number of aromatic nitrogens is 1. The molecule has 1 atom stereocenters. The summed E-state index contributed by atoms with van der Waals surface area (Å²) in [4.78, 5) is 29.6. The summed E-state index contributed by atoms with van der Waals surface area (Å²) in [6.07, 6.45) is 0.209. The second-order valence-corrected chi connectivity index (χ2v) is 9.23. The number of hydrogen-bond acceptors (Lipinski definition) is 4. The minimum atomic E-state index is -3.14. The van der Waals surface area contributed by atoms with Crippen LogP contribution in [0.4, 0.5) is 19.3 Å². The third-order valence-corrected chi connectivity index (χ3v) is 6.25. The number of carbonyl (C=O) groups excluding carboxylic acids is 1. The fourth-order valence-corrected chi connectivity index (χ4v) is 4.80. The summed E-state index contributed by atoms with van der Waals surface area (Å²) < 4.78 is 36.9. The number of allylic oxidation sites excluding steroid dienone is 2. The number of fused-ring (bicyclic) bond motifs is 4. The van der Waals surface area contributed by atoms with Crippen LogP contribution in [0.2, 0.25) is 0 Å². The number of alkyl halides is 2. The normalized spacial score (nSPS) is 19.4. The second-order valence-electron chi connectivity index (χ2n) is 9.23. The first-order chi connectivity index (χ1) is 16.1. The lowest BCUT2D eigenvalue weighted by molar-refractivity contribution is 0.0512. The van der Waals surface area contributed by atoms with Crippen molar-refractivity contribution >= 4 is 22.6 Å². The van der Waals surface area contributed by atoms with Gasteiger partial charge < -0.3 is 14.2 Å². The van der Waals surface area contributed by atoms with Gasteiger partial charge in [0.2, 0.25) is 0 Å². The molecular formula is C26H25F2N3O3. The molecule has 2 aromatic carbocycles. The standard InChI is InChI=1S/C26H25F2N3O3/c1-16-12-26(27,28)22-7-5-4-6-20(22)23-10-17-8-9-18(11-21(17)24(32)31(23)13-16)30-15-19(14-29(2)3)34-25(30)33/h4-12,19H,13-15H2,1-3H3/t19-/m0/s1. The largest absolute Gasteiger partial charge is 0.443 e. The molecule has 0 spiro atoms. The van der Waals surface area contributed by atoms with Gasteiger partial charge in [0.1, 0.15) is 6.10 Å². The molecule has 0 radical (unpaired) electrons. The Morgan fingerprint density at radius 2 is 1.88 bits per heavy atom. The first kappa shape index (κ1) is 22.3. The molecule has 0 saturated carbocycles. The van der Waals surface area contributed by atoms with E-state index in [-0.39, 0.29) is 23.8 Å². The van der Waals surface area contributed by atoms with Crippen LogP contribution >= 0.6 is 0 Å². The predicted octanol–water partition coefficient (Wildman–Crippen LogP) is 4.61. The fourth-order valence-electron chi connectivity index (χ4n) is 4.80. The number of benzene rings is 2. The topological polar surface area (TPSA) is 54.8 Å². The number of anilines is 1. The van der Waals surface area contributed by atoms with Gasteiger partial charge >= 0.3 is 6.09 Å². The lowest BCUT2D eigenvalue weighted by Gasteiger charge is -2.24. The monoisotopic (exact) mass is 465 g/mol. The molecule has 0 aliphatic carbocycles. The van der Waals surface area contributed by atoms with Crippen LogP contribution in [0.5, 0.6) is 0 Å². The number of likely N-dealkylation sites (N-methyl/N-ethyl adjacent to an activating group) is 1. The Kier molecular flexibility index (Phi) is 5.28. The van der Waals surface area contributed by atoms with Crippen molar-refractivity contribution in [3.05, 3.63) is 76.1 Å². The Bertz CT molecular complexity index is 1390. The molecule has 0 N–H and O–H groups in total. The summed E-state index contributed by atoms with van der Waals surface area (Å²) in [7, 11) is 3.82. The van der Waals surface area contributed by atoms with Crippen LogP contribution in [0, 0.1) is 0 Å². The van der Waals surface area contributed by atoms with Crippen LogP contribution in [0.25, 0.3) is 22.0 Å². The molecule has 2 aliphatic heterocycles. The van der Waals surface area contributed by atoms with Gasteiger partial charge in [0, 0.05) is 35.3 Å². The SMILES string of the molecule is CC1=CC(F)(F)c2ccccc2-c2cc3ccc(N4C[C@H](CN(C)C)OC4=O)cc3c(=O)n2C1. The van der Waals surface area contributed by atoms with Gasteiger partial charge in [-0.05, 0) is 50.7 Å². The van der Waals surface area contributed by atoms with Crippen molar-refractivity contribution in [3.63, 3.8) is 0 Å². The highest BCUT2D eigenvalue weighted by molar-refractivity contribution is 5.95. The Labute approximate surface area is 195 Å². The summed E-state index contributed by atoms with van der Waals surface area (Å²) >= 11 is 0. The maximum Gasteiger partial charge on any atom is 0.414 e. The van der Waals surface area contributed by atoms with Crippen LogP contribution in [-0.4, -0.2) is 48.8 Å². The Balaban J connectivity index is 1.65. The molecule has 176 valence electrons. The molecule has 8 heteroatoms. The third kappa shape index (κ3) is 3.77. The third-order valence-electron chi connectivity index (χ3n) is 6.25. The molecule has 0 bridgehead atoms. The van der Waals surface area contributed by atoms with Gasteiger partial charge in [0.15, 0.2) is 0 Å². The van der Waals surface area contributed by atoms with Crippen LogP contribution in [0.3, 0.4) is 0 Å². The number of ether oxygens (including phenoxy) is 1. The van der Waals surface area contributed by atoms with Crippen molar-refractivity contribution in [2.45, 2.75) is 25.5 Å². The van der Waals surface area contributed by atoms with Gasteiger partial charge in [0.25, 0.3) is 11.5 Å². The highest BCUT2D eigenvalue weighted by atomic mass is 19.3. The zero-order chi connectivity index (χ0) is 24.2. The summed E-state index contributed by atoms with van der Waals surface area (Å²) in [5, 5.41) is 1.04. The fraction of sp³-hybridized carbons (Fsp3) is 0.308. The zero-order valence-corrected chi connectivity index (χ0v) is 19.2. The number of cyclic esters (lactones) is 1. The summed E-state index contributed by atoms with van der Waals surface area (Å²) in [6.45, 7) is 2.64. The first-order valence-electron chi connectivity index (χ1n) is 11.1. The number of pyridine rings is 1. The van der Waals surface area contributed by atoms with Crippen LogP contribution in [0.15, 0.2) is 65.0 Å². The van der Waals surface area contributed by atoms with Crippen LogP contribution in [0.1, 0.15) is 12.5 Å². The Morgan fingerprint density at radius 1 is 1.12 bits per heavy atom. The Morgan fingerprint density at radius 3 is 2.65 bits per heavy atom. The van der Waals surface area contributed by atoms with Crippen molar-refractivity contribution in [1.82, 2.24) is 9.47 Å². The maximum absolute atomic E-state index is 15.0. The van der Waals surface area contributed by atoms with E-state index in [1.807, 2.05) is 19.0 Å². The maximum atomic E-state index is 15.0. The van der Waals surface area contributed by atoms with Gasteiger partial charge in [-0.25, -0.2) is 4.79 Å². The molecule has 1 fully saturated rings. The van der Waals surface area contributed by atoms with Crippen LogP contribution in [-0.2, 0) is 17.2 Å². The molecule has 3 heterocycles. The first-order valence-corrected chi connectivity index (χ1v) is 11.1. The molecular weight excluding hydrogens is 440 g/mol. The van der Waals surface area contributed by atoms with E-state index >= 15 is 0 Å². The molecule has 5 rings (SSSR count). The highest BCUT2D eigenvalue weighted by Crippen LogP contribution is 2.40. The van der Waals surface area contributed by atoms with Crippen molar-refractivity contribution < 1.29 is 18.3 Å². The molecule has 1 saturated heterocycles. The predicted molar refractivity (Wildman–Crippen MR) is 127 cm³/mol. The quantitative estimate of drug-likeness (QED) is 0.531. The minimum absolute atomic E-state index is 0.0505. The number of rotatable bonds is 3. The number of amides is 1. The molecule has 0 unspecified atom stereocenters. The number of nitrogens with zero attached hydrogens (tertiary/aromatic N) is 3. The molecule has 6 nitrogen and oxygen atoms in total. The van der Waals surface area contributed by atoms with Gasteiger partial charge in [-0.1, -0.05) is 35.9 Å². The number of halogens is 2. The van der Waals surface area contributed by atoms with E-state index in [4.69, 9.17) is 4.74 Å². The smallest absolute Gasteiger partial charge is 0.414 e. The summed E-state index contributed by atoms with van der Waals surface area (Å²) in [5.41, 5.74) is 1.31. The number of hydrogen-bond donors (Lipinski definition) is 0. The van der Waals surface area contributed by atoms with Crippen molar-refractivity contribution in [2.24, 2.45) is 0 Å². The number of carbonyl (C=O) groups is 1. The van der Waals surface area contributed by atoms with Crippen molar-refractivity contribution in [3.8, 4) is 11.3 Å². The van der Waals surface area contributed by atoms with Gasteiger partial charge in [-0.3, -0.25) is 9.69 Å². The summed E-state index contributed by atoms with van der Waals surface area (Å²) in [5.74, 6) is -3.14. The molecule has 2 aliphatic rings. The molecule has 1 aromatic heterocycles. The minimum Gasteiger partial charge on any atom is -0.443 e. The van der Waals surface area contributed by atoms with E-state index in [0.29, 0.717) is 46.4 Å². The van der Waals surface area contributed by atoms with E-state index in [9.17, 15) is 18.4 Å². The lowest BCUT2D eigenvalue weighted by Crippen LogP contribution is -2.30. The van der Waals surface area contributed by atoms with E-state index in [2.05, 4.69) is 0 Å². The Hall–Kier alpha value is -3.52. The van der Waals surface area contributed by atoms with Gasteiger partial charge in [0.05, 0.1) is 12.2 Å². The summed E-state index contributed by atoms with van der Waals surface area (Å²) in [6, 6.07) is 13.2. The molecule has 3 aromatic rings. The van der Waals surface area contributed by atoms with Crippen molar-refractivity contribution in [2.75, 3.05) is 32.1 Å². The molecule has 1 amide bonds.